The number of halogens is 4. The fraction of sp³-hybridized carbons (Fsp3) is 0.500. The minimum atomic E-state index is -4.17. The molecule has 102 valence electrons. The minimum Gasteiger partial charge on any atom is -0.497 e. The Morgan fingerprint density at radius 2 is 1.83 bits per heavy atom. The highest BCUT2D eigenvalue weighted by atomic mass is 79.9. The fourth-order valence-corrected chi connectivity index (χ4v) is 2.08. The second kappa shape index (κ2) is 6.99. The first kappa shape index (κ1) is 15.3. The molecule has 1 aromatic rings. The zero-order valence-corrected chi connectivity index (χ0v) is 11.6. The molecule has 0 aromatic heterocycles. The number of methoxy groups -OCH3 is 1. The Morgan fingerprint density at radius 3 is 2.28 bits per heavy atom. The van der Waals surface area contributed by atoms with Crippen LogP contribution in [0.4, 0.5) is 13.2 Å². The van der Waals surface area contributed by atoms with Gasteiger partial charge in [-0.25, -0.2) is 0 Å². The first-order valence-corrected chi connectivity index (χ1v) is 6.55. The number of alkyl halides is 4. The van der Waals surface area contributed by atoms with Gasteiger partial charge in [0.25, 0.3) is 0 Å². The van der Waals surface area contributed by atoms with Crippen molar-refractivity contribution in [2.45, 2.75) is 12.7 Å². The van der Waals surface area contributed by atoms with Crippen LogP contribution in [0.25, 0.3) is 0 Å². The molecular weight excluding hydrogens is 311 g/mol. The van der Waals surface area contributed by atoms with Crippen LogP contribution >= 0.6 is 15.9 Å². The SMILES string of the molecule is COc1ccc(CN(CCBr)CC(F)(F)F)cc1. The zero-order valence-electron chi connectivity index (χ0n) is 10.0. The molecule has 0 saturated heterocycles. The Morgan fingerprint density at radius 1 is 1.22 bits per heavy atom. The molecule has 2 nitrogen and oxygen atoms in total. The van der Waals surface area contributed by atoms with E-state index in [-0.39, 0.29) is 6.54 Å². The van der Waals surface area contributed by atoms with Gasteiger partial charge in [0.2, 0.25) is 0 Å². The van der Waals surface area contributed by atoms with Crippen molar-refractivity contribution in [2.24, 2.45) is 0 Å². The molecule has 0 aliphatic rings. The summed E-state index contributed by atoms with van der Waals surface area (Å²) in [5.74, 6) is 0.696. The lowest BCUT2D eigenvalue weighted by Gasteiger charge is -2.22. The van der Waals surface area contributed by atoms with E-state index in [2.05, 4.69) is 15.9 Å². The predicted molar refractivity (Wildman–Crippen MR) is 68.1 cm³/mol. The Bertz CT molecular complexity index is 353. The van der Waals surface area contributed by atoms with E-state index in [1.807, 2.05) is 0 Å². The van der Waals surface area contributed by atoms with Gasteiger partial charge in [0.15, 0.2) is 0 Å². The molecule has 0 fully saturated rings. The molecule has 0 aliphatic heterocycles. The highest BCUT2D eigenvalue weighted by Gasteiger charge is 2.30. The number of hydrogen-bond donors (Lipinski definition) is 0. The number of ether oxygens (including phenoxy) is 1. The smallest absolute Gasteiger partial charge is 0.401 e. The van der Waals surface area contributed by atoms with Gasteiger partial charge in [-0.3, -0.25) is 4.90 Å². The highest BCUT2D eigenvalue weighted by Crippen LogP contribution is 2.19. The Kier molecular flexibility index (Phi) is 5.95. The summed E-state index contributed by atoms with van der Waals surface area (Å²) >= 11 is 3.16. The molecule has 0 spiro atoms. The van der Waals surface area contributed by atoms with E-state index in [9.17, 15) is 13.2 Å². The van der Waals surface area contributed by atoms with Crippen LogP contribution in [0.5, 0.6) is 5.75 Å². The van der Waals surface area contributed by atoms with Crippen molar-refractivity contribution < 1.29 is 17.9 Å². The largest absolute Gasteiger partial charge is 0.497 e. The monoisotopic (exact) mass is 325 g/mol. The van der Waals surface area contributed by atoms with Crippen LogP contribution in [0.15, 0.2) is 24.3 Å². The Balaban J connectivity index is 2.64. The van der Waals surface area contributed by atoms with Crippen LogP contribution in [0.2, 0.25) is 0 Å². The molecule has 0 N–H and O–H groups in total. The standard InChI is InChI=1S/C12H15BrF3NO/c1-18-11-4-2-10(3-5-11)8-17(7-6-13)9-12(14,15)16/h2-5H,6-9H2,1H3. The number of nitrogens with zero attached hydrogens (tertiary/aromatic N) is 1. The van der Waals surface area contributed by atoms with Crippen LogP contribution in [-0.4, -0.2) is 36.6 Å². The summed E-state index contributed by atoms with van der Waals surface area (Å²) in [6.45, 7) is -0.273. The fourth-order valence-electron chi connectivity index (χ4n) is 1.58. The van der Waals surface area contributed by atoms with Crippen molar-refractivity contribution in [3.63, 3.8) is 0 Å². The normalized spacial score (nSPS) is 11.9. The third kappa shape index (κ3) is 5.73. The van der Waals surface area contributed by atoms with Gasteiger partial charge < -0.3 is 4.74 Å². The van der Waals surface area contributed by atoms with E-state index in [0.29, 0.717) is 17.6 Å². The molecule has 0 heterocycles. The molecule has 1 rings (SSSR count). The van der Waals surface area contributed by atoms with Crippen molar-refractivity contribution >= 4 is 15.9 Å². The van der Waals surface area contributed by atoms with E-state index in [4.69, 9.17) is 4.74 Å². The van der Waals surface area contributed by atoms with Crippen molar-refractivity contribution in [3.8, 4) is 5.75 Å². The zero-order chi connectivity index (χ0) is 13.6. The van der Waals surface area contributed by atoms with Crippen LogP contribution in [0.1, 0.15) is 5.56 Å². The van der Waals surface area contributed by atoms with Crippen LogP contribution in [0, 0.1) is 0 Å². The lowest BCUT2D eigenvalue weighted by atomic mass is 10.2. The van der Waals surface area contributed by atoms with Crippen LogP contribution in [-0.2, 0) is 6.54 Å². The van der Waals surface area contributed by atoms with E-state index in [1.54, 1.807) is 31.4 Å². The van der Waals surface area contributed by atoms with E-state index in [1.165, 1.54) is 4.90 Å². The van der Waals surface area contributed by atoms with Crippen LogP contribution in [0.3, 0.4) is 0 Å². The molecule has 0 unspecified atom stereocenters. The van der Waals surface area contributed by atoms with Gasteiger partial charge in [0.05, 0.1) is 13.7 Å². The third-order valence-electron chi connectivity index (χ3n) is 2.37. The summed E-state index contributed by atoms with van der Waals surface area (Å²) in [6.07, 6.45) is -4.17. The van der Waals surface area contributed by atoms with Crippen LogP contribution < -0.4 is 4.74 Å². The summed E-state index contributed by atoms with van der Waals surface area (Å²) in [6, 6.07) is 7.04. The summed E-state index contributed by atoms with van der Waals surface area (Å²) in [7, 11) is 1.55. The molecule has 0 aliphatic carbocycles. The molecule has 0 amide bonds. The number of hydrogen-bond acceptors (Lipinski definition) is 2. The van der Waals surface area contributed by atoms with Gasteiger partial charge in [0, 0.05) is 18.4 Å². The van der Waals surface area contributed by atoms with E-state index < -0.39 is 12.7 Å². The van der Waals surface area contributed by atoms with Gasteiger partial charge in [-0.1, -0.05) is 28.1 Å². The summed E-state index contributed by atoms with van der Waals surface area (Å²) < 4.78 is 42.1. The average molecular weight is 326 g/mol. The van der Waals surface area contributed by atoms with Crippen molar-refractivity contribution in [1.29, 1.82) is 0 Å². The second-order valence-corrected chi connectivity index (χ2v) is 4.66. The lowest BCUT2D eigenvalue weighted by Crippen LogP contribution is -2.35. The molecule has 0 bridgehead atoms. The maximum absolute atomic E-state index is 12.4. The quantitative estimate of drug-likeness (QED) is 0.743. The molecule has 0 saturated carbocycles. The third-order valence-corrected chi connectivity index (χ3v) is 2.72. The predicted octanol–water partition coefficient (Wildman–Crippen LogP) is 3.45. The van der Waals surface area contributed by atoms with Gasteiger partial charge in [-0.15, -0.1) is 0 Å². The van der Waals surface area contributed by atoms with E-state index >= 15 is 0 Å². The minimum absolute atomic E-state index is 0.273. The molecular formula is C12H15BrF3NO. The molecule has 6 heteroatoms. The first-order chi connectivity index (χ1) is 8.44. The van der Waals surface area contributed by atoms with Gasteiger partial charge in [-0.2, -0.15) is 13.2 Å². The van der Waals surface area contributed by atoms with Gasteiger partial charge in [-0.05, 0) is 17.7 Å². The van der Waals surface area contributed by atoms with Gasteiger partial charge >= 0.3 is 6.18 Å². The van der Waals surface area contributed by atoms with Crippen molar-refractivity contribution in [2.75, 3.05) is 25.5 Å². The number of benzene rings is 1. The van der Waals surface area contributed by atoms with E-state index in [0.717, 1.165) is 5.56 Å². The topological polar surface area (TPSA) is 12.5 Å². The first-order valence-electron chi connectivity index (χ1n) is 5.42. The van der Waals surface area contributed by atoms with Gasteiger partial charge in [0.1, 0.15) is 5.75 Å². The maximum atomic E-state index is 12.4. The lowest BCUT2D eigenvalue weighted by molar-refractivity contribution is -0.146. The average Bonchev–Trinajstić information content (AvgIpc) is 2.28. The molecule has 0 atom stereocenters. The Labute approximate surface area is 113 Å². The molecule has 0 radical (unpaired) electrons. The van der Waals surface area contributed by atoms with Crippen molar-refractivity contribution in [3.05, 3.63) is 29.8 Å². The summed E-state index contributed by atoms with van der Waals surface area (Å²) in [5, 5.41) is 0.513. The summed E-state index contributed by atoms with van der Waals surface area (Å²) in [4.78, 5) is 1.36. The maximum Gasteiger partial charge on any atom is 0.401 e. The number of rotatable bonds is 6. The highest BCUT2D eigenvalue weighted by molar-refractivity contribution is 9.09. The molecule has 1 aromatic carbocycles. The van der Waals surface area contributed by atoms with Crippen molar-refractivity contribution in [1.82, 2.24) is 4.90 Å². The second-order valence-electron chi connectivity index (χ2n) is 3.86. The Hall–Kier alpha value is -0.750. The molecule has 18 heavy (non-hydrogen) atoms. The summed E-state index contributed by atoms with van der Waals surface area (Å²) in [5.41, 5.74) is 0.834.